The molecule has 0 amide bonds. The first-order chi connectivity index (χ1) is 13.1. The van der Waals surface area contributed by atoms with Crippen LogP contribution in [0.25, 0.3) is 11.3 Å². The minimum atomic E-state index is -0.500. The summed E-state index contributed by atoms with van der Waals surface area (Å²) in [5, 5.41) is 12.7. The summed E-state index contributed by atoms with van der Waals surface area (Å²) in [4.78, 5) is 4.62. The van der Waals surface area contributed by atoms with Gasteiger partial charge >= 0.3 is 0 Å². The fraction of sp³-hybridized carbons (Fsp3) is 0.278. The number of hydrogen-bond donors (Lipinski definition) is 1. The summed E-state index contributed by atoms with van der Waals surface area (Å²) in [7, 11) is 0. The Kier molecular flexibility index (Phi) is 5.88. The summed E-state index contributed by atoms with van der Waals surface area (Å²) >= 11 is 7.26. The van der Waals surface area contributed by atoms with Gasteiger partial charge in [0.1, 0.15) is 0 Å². The van der Waals surface area contributed by atoms with Crippen LogP contribution in [0.4, 0.5) is 5.69 Å². The first kappa shape index (κ1) is 19.0. The Balaban J connectivity index is 1.76. The minimum absolute atomic E-state index is 0.449. The Labute approximate surface area is 183 Å². The molecule has 0 aliphatic carbocycles. The van der Waals surface area contributed by atoms with E-state index in [1.54, 1.807) is 11.8 Å². The summed E-state index contributed by atoms with van der Waals surface area (Å²) in [6.45, 7) is 2.16. The molecule has 0 fully saturated rings. The van der Waals surface area contributed by atoms with Crippen molar-refractivity contribution in [2.24, 2.45) is 0 Å². The van der Waals surface area contributed by atoms with Crippen molar-refractivity contribution >= 4 is 56.0 Å². The predicted octanol–water partition coefficient (Wildman–Crippen LogP) is 5.89. The third-order valence-electron chi connectivity index (χ3n) is 3.97. The van der Waals surface area contributed by atoms with Crippen molar-refractivity contribution in [3.8, 4) is 17.1 Å². The molecule has 1 atom stereocenters. The Morgan fingerprint density at radius 2 is 2.15 bits per heavy atom. The first-order valence-corrected chi connectivity index (χ1v) is 11.4. The van der Waals surface area contributed by atoms with Gasteiger partial charge in [-0.05, 0) is 59.3 Å². The van der Waals surface area contributed by atoms with Gasteiger partial charge in [-0.3, -0.25) is 0 Å². The lowest BCUT2D eigenvalue weighted by atomic mass is 10.1. The average molecular weight is 559 g/mol. The summed E-state index contributed by atoms with van der Waals surface area (Å²) in [5.74, 6) is 2.08. The molecule has 0 saturated carbocycles. The fourth-order valence-corrected chi connectivity index (χ4v) is 4.29. The Hall–Kier alpha value is -1.33. The van der Waals surface area contributed by atoms with Gasteiger partial charge in [-0.15, -0.1) is 10.2 Å². The van der Waals surface area contributed by atoms with Crippen LogP contribution >= 0.6 is 50.3 Å². The molecule has 0 spiro atoms. The van der Waals surface area contributed by atoms with Crippen LogP contribution in [0.2, 0.25) is 0 Å². The minimum Gasteiger partial charge on any atom is -0.449 e. The predicted molar refractivity (Wildman–Crippen MR) is 117 cm³/mol. The molecule has 1 aliphatic rings. The number of unbranched alkanes of at least 4 members (excludes halogenated alkanes) is 1. The van der Waals surface area contributed by atoms with E-state index in [0.29, 0.717) is 22.5 Å². The lowest BCUT2D eigenvalue weighted by molar-refractivity contribution is 0.193. The number of furan rings is 1. The Morgan fingerprint density at radius 1 is 1.26 bits per heavy atom. The number of hydrogen-bond acceptors (Lipinski definition) is 7. The van der Waals surface area contributed by atoms with Crippen LogP contribution in [-0.4, -0.2) is 20.9 Å². The van der Waals surface area contributed by atoms with Crippen molar-refractivity contribution < 1.29 is 9.15 Å². The quantitative estimate of drug-likeness (QED) is 0.237. The average Bonchev–Trinajstić information content (AvgIpc) is 3.02. The van der Waals surface area contributed by atoms with Crippen molar-refractivity contribution in [2.75, 3.05) is 11.1 Å². The van der Waals surface area contributed by atoms with E-state index in [1.165, 1.54) is 0 Å². The molecule has 1 N–H and O–H groups in total. The van der Waals surface area contributed by atoms with E-state index < -0.39 is 6.23 Å². The maximum absolute atomic E-state index is 6.18. The summed E-state index contributed by atoms with van der Waals surface area (Å²) in [6.07, 6.45) is 1.74. The van der Waals surface area contributed by atoms with Crippen LogP contribution in [0.3, 0.4) is 0 Å². The van der Waals surface area contributed by atoms with Gasteiger partial charge in [0.15, 0.2) is 15.2 Å². The monoisotopic (exact) mass is 558 g/mol. The molecule has 3 heterocycles. The van der Waals surface area contributed by atoms with Gasteiger partial charge in [0.05, 0.1) is 0 Å². The molecule has 6 nitrogen and oxygen atoms in total. The van der Waals surface area contributed by atoms with Gasteiger partial charge in [0, 0.05) is 21.5 Å². The number of anilines is 1. The third kappa shape index (κ3) is 4.24. The summed E-state index contributed by atoms with van der Waals surface area (Å²) in [6, 6.07) is 9.73. The van der Waals surface area contributed by atoms with Crippen molar-refractivity contribution in [3.05, 3.63) is 44.3 Å². The van der Waals surface area contributed by atoms with Gasteiger partial charge < -0.3 is 14.5 Å². The van der Waals surface area contributed by atoms with Crippen LogP contribution in [-0.2, 0) is 0 Å². The second kappa shape index (κ2) is 8.36. The maximum Gasteiger partial charge on any atom is 0.247 e. The molecule has 1 aromatic carbocycles. The van der Waals surface area contributed by atoms with Crippen molar-refractivity contribution in [1.29, 1.82) is 0 Å². The van der Waals surface area contributed by atoms with E-state index in [0.717, 1.165) is 38.1 Å². The van der Waals surface area contributed by atoms with E-state index in [1.807, 2.05) is 30.3 Å². The number of halogens is 2. The van der Waals surface area contributed by atoms with E-state index in [9.17, 15) is 0 Å². The highest BCUT2D eigenvalue weighted by molar-refractivity contribution is 14.1. The molecule has 4 rings (SSSR count). The smallest absolute Gasteiger partial charge is 0.247 e. The second-order valence-electron chi connectivity index (χ2n) is 5.92. The number of nitrogens with one attached hydrogen (secondary N) is 1. The number of nitrogens with zero attached hydrogens (tertiary/aromatic N) is 3. The third-order valence-corrected chi connectivity index (χ3v) is 5.97. The number of thioether (sulfide) groups is 1. The fourth-order valence-electron chi connectivity index (χ4n) is 2.64. The van der Waals surface area contributed by atoms with Crippen LogP contribution in [0.15, 0.2) is 44.4 Å². The van der Waals surface area contributed by atoms with E-state index >= 15 is 0 Å². The molecule has 27 heavy (non-hydrogen) atoms. The Bertz CT molecular complexity index is 968. The normalized spacial score (nSPS) is 15.3. The largest absolute Gasteiger partial charge is 0.449 e. The molecule has 2 aromatic heterocycles. The van der Waals surface area contributed by atoms with Gasteiger partial charge in [-0.1, -0.05) is 41.0 Å². The van der Waals surface area contributed by atoms with Gasteiger partial charge in [-0.25, -0.2) is 0 Å². The maximum atomic E-state index is 6.18. The number of benzene rings is 1. The molecule has 3 aromatic rings. The summed E-state index contributed by atoms with van der Waals surface area (Å²) < 4.78 is 13.7. The number of aromatic nitrogens is 3. The van der Waals surface area contributed by atoms with E-state index in [2.05, 4.69) is 65.9 Å². The van der Waals surface area contributed by atoms with Gasteiger partial charge in [0.25, 0.3) is 0 Å². The molecule has 0 radical (unpaired) electrons. The zero-order valence-corrected chi connectivity index (χ0v) is 19.0. The number of ether oxygens (including phenoxy) is 1. The molecule has 140 valence electrons. The molecule has 0 saturated heterocycles. The van der Waals surface area contributed by atoms with Gasteiger partial charge in [-0.2, -0.15) is 4.98 Å². The van der Waals surface area contributed by atoms with Crippen LogP contribution in [0.5, 0.6) is 5.88 Å². The highest BCUT2D eigenvalue weighted by atomic mass is 127. The van der Waals surface area contributed by atoms with Crippen LogP contribution in [0, 0.1) is 3.77 Å². The highest BCUT2D eigenvalue weighted by Crippen LogP contribution is 2.41. The molecular weight excluding hydrogens is 543 g/mol. The second-order valence-corrected chi connectivity index (χ2v) is 8.97. The molecular formula is C18H16BrIN4O2S. The van der Waals surface area contributed by atoms with Crippen molar-refractivity contribution in [1.82, 2.24) is 15.2 Å². The molecule has 9 heteroatoms. The molecule has 0 bridgehead atoms. The van der Waals surface area contributed by atoms with Crippen LogP contribution in [0.1, 0.15) is 31.8 Å². The standard InChI is InChI=1S/C18H16BrIN4O2S/c1-2-3-8-27-18-22-17-15(23-24-18)11-9-10(19)4-5-12(11)21-16(26-17)13-6-7-14(20)25-13/h4-7,9,16,21H,2-3,8H2,1H3/t16-/m0/s1. The topological polar surface area (TPSA) is 73.1 Å². The zero-order valence-electron chi connectivity index (χ0n) is 14.4. The van der Waals surface area contributed by atoms with Crippen LogP contribution < -0.4 is 10.1 Å². The number of rotatable bonds is 5. The van der Waals surface area contributed by atoms with Crippen molar-refractivity contribution in [3.63, 3.8) is 0 Å². The first-order valence-electron chi connectivity index (χ1n) is 8.50. The van der Waals surface area contributed by atoms with E-state index in [4.69, 9.17) is 9.15 Å². The lowest BCUT2D eigenvalue weighted by Crippen LogP contribution is -2.16. The van der Waals surface area contributed by atoms with E-state index in [-0.39, 0.29) is 0 Å². The molecule has 0 unspecified atom stereocenters. The highest BCUT2D eigenvalue weighted by Gasteiger charge is 2.28. The van der Waals surface area contributed by atoms with Gasteiger partial charge in [0.2, 0.25) is 17.3 Å². The zero-order chi connectivity index (χ0) is 18.8. The summed E-state index contributed by atoms with van der Waals surface area (Å²) in [5.41, 5.74) is 2.38. The Morgan fingerprint density at radius 3 is 2.93 bits per heavy atom. The molecule has 1 aliphatic heterocycles. The SMILES string of the molecule is CCCCSc1nnc2c(n1)O[C@@H](c1ccc(I)o1)Nc1ccc(Br)cc1-2. The van der Waals surface area contributed by atoms with Crippen molar-refractivity contribution in [2.45, 2.75) is 31.1 Å². The number of fused-ring (bicyclic) bond motifs is 3. The lowest BCUT2D eigenvalue weighted by Gasteiger charge is -2.16.